The molecule has 4 atom stereocenters. The van der Waals surface area contributed by atoms with Gasteiger partial charge in [0.1, 0.15) is 5.75 Å². The Morgan fingerprint density at radius 1 is 1.12 bits per heavy atom. The van der Waals surface area contributed by atoms with E-state index in [1.165, 1.54) is 12.8 Å². The van der Waals surface area contributed by atoms with E-state index in [1.54, 1.807) is 12.1 Å². The minimum absolute atomic E-state index is 0.0791. The van der Waals surface area contributed by atoms with E-state index in [-0.39, 0.29) is 17.9 Å². The second-order valence-corrected chi connectivity index (χ2v) is 7.70. The van der Waals surface area contributed by atoms with Gasteiger partial charge in [0, 0.05) is 6.04 Å². The fourth-order valence-corrected chi connectivity index (χ4v) is 3.20. The minimum atomic E-state index is -0.363. The summed E-state index contributed by atoms with van der Waals surface area (Å²) in [4.78, 5) is 2.09. The van der Waals surface area contributed by atoms with E-state index in [1.807, 2.05) is 26.2 Å². The van der Waals surface area contributed by atoms with E-state index in [2.05, 4.69) is 37.8 Å². The number of aromatic hydroxyl groups is 1. The Balaban J connectivity index is 2.48. The van der Waals surface area contributed by atoms with Crippen molar-refractivity contribution in [1.82, 2.24) is 4.90 Å². The molecule has 0 unspecified atom stereocenters. The Labute approximate surface area is 154 Å². The Morgan fingerprint density at radius 2 is 1.76 bits per heavy atom. The number of rotatable bonds is 11. The number of hydrogen-bond donors (Lipinski definition) is 2. The minimum Gasteiger partial charge on any atom is -0.508 e. The third kappa shape index (κ3) is 8.55. The highest BCUT2D eigenvalue weighted by atomic mass is 16.3. The number of phenols is 1. The molecule has 1 aromatic rings. The summed E-state index contributed by atoms with van der Waals surface area (Å²) in [5.74, 6) is 1.66. The van der Waals surface area contributed by atoms with Crippen molar-refractivity contribution in [2.45, 2.75) is 65.0 Å². The first-order valence-electron chi connectivity index (χ1n) is 9.62. The van der Waals surface area contributed by atoms with Crippen LogP contribution in [0.3, 0.4) is 0 Å². The lowest BCUT2D eigenvalue weighted by Gasteiger charge is -2.29. The molecule has 3 heteroatoms. The molecule has 25 heavy (non-hydrogen) atoms. The summed E-state index contributed by atoms with van der Waals surface area (Å²) in [6, 6.07) is 7.34. The first-order chi connectivity index (χ1) is 11.8. The van der Waals surface area contributed by atoms with Gasteiger partial charge in [-0.3, -0.25) is 0 Å². The normalized spacial score (nSPS) is 16.9. The van der Waals surface area contributed by atoms with Crippen LogP contribution < -0.4 is 0 Å². The summed E-state index contributed by atoms with van der Waals surface area (Å²) in [7, 11) is 4.02. The van der Waals surface area contributed by atoms with Gasteiger partial charge >= 0.3 is 0 Å². The number of aliphatic hydroxyl groups excluding tert-OH is 1. The highest BCUT2D eigenvalue weighted by Crippen LogP contribution is 2.18. The van der Waals surface area contributed by atoms with Crippen molar-refractivity contribution in [2.24, 2.45) is 11.8 Å². The van der Waals surface area contributed by atoms with Crippen molar-refractivity contribution in [2.75, 3.05) is 14.1 Å². The van der Waals surface area contributed by atoms with Crippen LogP contribution in [0.4, 0.5) is 0 Å². The van der Waals surface area contributed by atoms with Crippen LogP contribution in [0.1, 0.15) is 52.0 Å². The van der Waals surface area contributed by atoms with Crippen molar-refractivity contribution in [3.63, 3.8) is 0 Å². The average Bonchev–Trinajstić information content (AvgIpc) is 2.57. The van der Waals surface area contributed by atoms with Gasteiger partial charge in [-0.2, -0.15) is 0 Å². The molecule has 0 spiro atoms. The number of benzene rings is 1. The molecule has 0 aliphatic carbocycles. The summed E-state index contributed by atoms with van der Waals surface area (Å²) in [6.45, 7) is 6.82. The van der Waals surface area contributed by atoms with Crippen molar-refractivity contribution < 1.29 is 10.2 Å². The topological polar surface area (TPSA) is 43.7 Å². The van der Waals surface area contributed by atoms with Gasteiger partial charge in [-0.05, 0) is 69.3 Å². The Bertz CT molecular complexity index is 495. The highest BCUT2D eigenvalue weighted by Gasteiger charge is 2.21. The third-order valence-corrected chi connectivity index (χ3v) is 5.05. The summed E-state index contributed by atoms with van der Waals surface area (Å²) in [6.07, 6.45) is 9.09. The molecule has 3 nitrogen and oxygen atoms in total. The lowest BCUT2D eigenvalue weighted by Crippen LogP contribution is -2.40. The molecule has 1 aromatic carbocycles. The monoisotopic (exact) mass is 347 g/mol. The van der Waals surface area contributed by atoms with Crippen molar-refractivity contribution in [1.29, 1.82) is 0 Å². The van der Waals surface area contributed by atoms with Gasteiger partial charge in [-0.25, -0.2) is 0 Å². The molecule has 142 valence electrons. The lowest BCUT2D eigenvalue weighted by molar-refractivity contribution is 0.0699. The third-order valence-electron chi connectivity index (χ3n) is 5.05. The zero-order valence-electron chi connectivity index (χ0n) is 16.7. The quantitative estimate of drug-likeness (QED) is 0.573. The van der Waals surface area contributed by atoms with E-state index in [4.69, 9.17) is 0 Å². The van der Waals surface area contributed by atoms with Gasteiger partial charge in [0.25, 0.3) is 0 Å². The molecule has 0 aliphatic rings. The number of aliphatic hydroxyl groups is 1. The van der Waals surface area contributed by atoms with Crippen LogP contribution in [0.5, 0.6) is 5.75 Å². The number of allylic oxidation sites excluding steroid dienone is 2. The smallest absolute Gasteiger partial charge is 0.115 e. The second kappa shape index (κ2) is 11.3. The van der Waals surface area contributed by atoms with Crippen LogP contribution in [-0.4, -0.2) is 41.4 Å². The summed E-state index contributed by atoms with van der Waals surface area (Å²) >= 11 is 0. The van der Waals surface area contributed by atoms with Gasteiger partial charge in [-0.15, -0.1) is 0 Å². The largest absolute Gasteiger partial charge is 0.508 e. The zero-order valence-corrected chi connectivity index (χ0v) is 16.7. The van der Waals surface area contributed by atoms with Crippen LogP contribution in [0.25, 0.3) is 0 Å². The van der Waals surface area contributed by atoms with Gasteiger partial charge in [0.15, 0.2) is 0 Å². The fourth-order valence-electron chi connectivity index (χ4n) is 3.20. The van der Waals surface area contributed by atoms with Crippen molar-refractivity contribution in [3.8, 4) is 5.75 Å². The molecule has 0 amide bonds. The van der Waals surface area contributed by atoms with Crippen LogP contribution in [-0.2, 0) is 6.42 Å². The number of phenolic OH excluding ortho intramolecular Hbond substituents is 1. The van der Waals surface area contributed by atoms with Crippen molar-refractivity contribution >= 4 is 0 Å². The zero-order chi connectivity index (χ0) is 18.8. The fraction of sp³-hybridized carbons (Fsp3) is 0.636. The van der Waals surface area contributed by atoms with Gasteiger partial charge in [0.2, 0.25) is 0 Å². The first kappa shape index (κ1) is 21.7. The maximum Gasteiger partial charge on any atom is 0.115 e. The molecule has 0 saturated carbocycles. The van der Waals surface area contributed by atoms with E-state index < -0.39 is 0 Å². The summed E-state index contributed by atoms with van der Waals surface area (Å²) in [5, 5.41) is 20.0. The van der Waals surface area contributed by atoms with Gasteiger partial charge < -0.3 is 15.1 Å². The first-order valence-corrected chi connectivity index (χ1v) is 9.62. The van der Waals surface area contributed by atoms with E-state index in [0.717, 1.165) is 30.7 Å². The maximum atomic E-state index is 10.6. The summed E-state index contributed by atoms with van der Waals surface area (Å²) < 4.78 is 0. The molecule has 0 aliphatic heterocycles. The van der Waals surface area contributed by atoms with Crippen LogP contribution in [0.2, 0.25) is 0 Å². The lowest BCUT2D eigenvalue weighted by atomic mass is 9.94. The van der Waals surface area contributed by atoms with Gasteiger partial charge in [0.05, 0.1) is 6.10 Å². The summed E-state index contributed by atoms with van der Waals surface area (Å²) in [5.41, 5.74) is 1.13. The van der Waals surface area contributed by atoms with Gasteiger partial charge in [-0.1, -0.05) is 51.5 Å². The predicted octanol–water partition coefficient (Wildman–Crippen LogP) is 4.63. The molecule has 2 N–H and O–H groups in total. The Morgan fingerprint density at radius 3 is 2.32 bits per heavy atom. The Hall–Kier alpha value is -1.32. The molecule has 0 fully saturated rings. The molecule has 1 rings (SSSR count). The predicted molar refractivity (Wildman–Crippen MR) is 107 cm³/mol. The van der Waals surface area contributed by atoms with E-state index in [0.29, 0.717) is 5.92 Å². The Kier molecular flexibility index (Phi) is 9.84. The highest BCUT2D eigenvalue weighted by molar-refractivity contribution is 5.26. The maximum absolute atomic E-state index is 10.6. The molecule has 0 saturated heterocycles. The van der Waals surface area contributed by atoms with Crippen molar-refractivity contribution in [3.05, 3.63) is 42.0 Å². The van der Waals surface area contributed by atoms with Crippen LogP contribution >= 0.6 is 0 Å². The second-order valence-electron chi connectivity index (χ2n) is 7.70. The van der Waals surface area contributed by atoms with Crippen LogP contribution in [0, 0.1) is 11.8 Å². The number of hydrogen-bond acceptors (Lipinski definition) is 3. The number of nitrogens with zero attached hydrogens (tertiary/aromatic N) is 1. The number of likely N-dealkylation sites (N-methyl/N-ethyl adjacent to an activating group) is 1. The molecule has 0 aromatic heterocycles. The SMILES string of the molecule is CC[C@@H](C)C[C@@H](C)C=CCC[C@@H](O)[C@H](Cc1ccc(O)cc1)N(C)C. The van der Waals surface area contributed by atoms with E-state index in [9.17, 15) is 10.2 Å². The molecule has 0 bridgehead atoms. The standard InChI is InChI=1S/C22H37NO2/c1-6-17(2)15-18(3)9-7-8-10-22(25)21(23(4)5)16-19-11-13-20(24)14-12-19/h7,9,11-14,17-18,21-22,24-25H,6,8,10,15-16H2,1-5H3/t17-,18+,21+,22-/m1/s1. The van der Waals surface area contributed by atoms with E-state index >= 15 is 0 Å². The molecular weight excluding hydrogens is 310 g/mol. The molecule has 0 heterocycles. The average molecular weight is 348 g/mol. The van der Waals surface area contributed by atoms with Crippen LogP contribution in [0.15, 0.2) is 36.4 Å². The molecular formula is C22H37NO2. The molecule has 0 radical (unpaired) electrons.